The minimum atomic E-state index is 0.642. The lowest BCUT2D eigenvalue weighted by atomic mass is 10.1. The van der Waals surface area contributed by atoms with Gasteiger partial charge in [-0.3, -0.25) is 0 Å². The Kier molecular flexibility index (Phi) is 4.41. The molecule has 1 aliphatic rings. The molecule has 1 fully saturated rings. The summed E-state index contributed by atoms with van der Waals surface area (Å²) in [7, 11) is 0. The predicted molar refractivity (Wildman–Crippen MR) is 73.0 cm³/mol. The van der Waals surface area contributed by atoms with E-state index in [1.54, 1.807) is 0 Å². The van der Waals surface area contributed by atoms with Gasteiger partial charge in [-0.2, -0.15) is 5.26 Å². The minimum absolute atomic E-state index is 0.642. The molecule has 1 unspecified atom stereocenters. The molecule has 1 aliphatic heterocycles. The highest BCUT2D eigenvalue weighted by atomic mass is 79.9. The first-order chi connectivity index (χ1) is 8.29. The van der Waals surface area contributed by atoms with Gasteiger partial charge in [-0.05, 0) is 44.0 Å². The fraction of sp³-hybridized carbons (Fsp3) is 0.462. The Morgan fingerprint density at radius 2 is 2.41 bits per heavy atom. The molecule has 4 heteroatoms. The Morgan fingerprint density at radius 3 is 3.12 bits per heavy atom. The summed E-state index contributed by atoms with van der Waals surface area (Å²) in [6.45, 7) is 2.06. The normalized spacial score (nSPS) is 18.9. The molecule has 1 aromatic carbocycles. The van der Waals surface area contributed by atoms with E-state index in [1.807, 2.05) is 18.2 Å². The molecule has 1 aromatic rings. The summed E-state index contributed by atoms with van der Waals surface area (Å²) in [6.07, 6.45) is 3.67. The Balaban J connectivity index is 1.88. The van der Waals surface area contributed by atoms with Crippen molar-refractivity contribution in [2.24, 2.45) is 0 Å². The van der Waals surface area contributed by atoms with E-state index in [9.17, 15) is 0 Å². The van der Waals surface area contributed by atoms with Crippen molar-refractivity contribution in [3.05, 3.63) is 28.2 Å². The molecule has 1 saturated heterocycles. The molecule has 0 bridgehead atoms. The van der Waals surface area contributed by atoms with Crippen molar-refractivity contribution in [1.29, 1.82) is 5.26 Å². The van der Waals surface area contributed by atoms with Gasteiger partial charge in [0.1, 0.15) is 6.07 Å². The smallest absolute Gasteiger partial charge is 0.101 e. The lowest BCUT2D eigenvalue weighted by molar-refractivity contribution is 0.574. The lowest BCUT2D eigenvalue weighted by Gasteiger charge is -2.12. The van der Waals surface area contributed by atoms with Gasteiger partial charge in [0.15, 0.2) is 0 Å². The van der Waals surface area contributed by atoms with E-state index in [0.29, 0.717) is 11.6 Å². The van der Waals surface area contributed by atoms with E-state index >= 15 is 0 Å². The number of hydrogen-bond acceptors (Lipinski definition) is 3. The maximum absolute atomic E-state index is 9.03. The largest absolute Gasteiger partial charge is 0.384 e. The van der Waals surface area contributed by atoms with Crippen LogP contribution in [-0.2, 0) is 0 Å². The van der Waals surface area contributed by atoms with Crippen LogP contribution in [0.3, 0.4) is 0 Å². The highest BCUT2D eigenvalue weighted by Crippen LogP contribution is 2.20. The molecule has 17 heavy (non-hydrogen) atoms. The number of nitrogens with zero attached hydrogens (tertiary/aromatic N) is 1. The fourth-order valence-electron chi connectivity index (χ4n) is 2.15. The zero-order valence-corrected chi connectivity index (χ0v) is 11.3. The Bertz CT molecular complexity index is 419. The average Bonchev–Trinajstić information content (AvgIpc) is 2.84. The first-order valence-corrected chi connectivity index (χ1v) is 6.76. The van der Waals surface area contributed by atoms with Crippen molar-refractivity contribution in [2.45, 2.75) is 25.3 Å². The maximum atomic E-state index is 9.03. The van der Waals surface area contributed by atoms with Gasteiger partial charge >= 0.3 is 0 Å². The molecule has 2 rings (SSSR count). The van der Waals surface area contributed by atoms with Gasteiger partial charge in [0.25, 0.3) is 0 Å². The van der Waals surface area contributed by atoms with Gasteiger partial charge in [0.05, 0.1) is 11.3 Å². The van der Waals surface area contributed by atoms with E-state index in [0.717, 1.165) is 29.7 Å². The highest BCUT2D eigenvalue weighted by molar-refractivity contribution is 9.10. The molecule has 90 valence electrons. The predicted octanol–water partition coefficient (Wildman–Crippen LogP) is 2.87. The standard InChI is InChI=1S/C13H16BrN3/c14-11-3-4-13(10(8-11)9-15)17-7-5-12-2-1-6-16-12/h3-4,8,12,16-17H,1-2,5-7H2. The maximum Gasteiger partial charge on any atom is 0.101 e. The van der Waals surface area contributed by atoms with Crippen LogP contribution < -0.4 is 10.6 Å². The quantitative estimate of drug-likeness (QED) is 0.897. The molecule has 0 spiro atoms. The molecular formula is C13H16BrN3. The van der Waals surface area contributed by atoms with Crippen molar-refractivity contribution < 1.29 is 0 Å². The minimum Gasteiger partial charge on any atom is -0.384 e. The van der Waals surface area contributed by atoms with Crippen molar-refractivity contribution in [2.75, 3.05) is 18.4 Å². The molecule has 0 amide bonds. The molecule has 1 heterocycles. The van der Waals surface area contributed by atoms with Crippen LogP contribution in [0.5, 0.6) is 0 Å². The van der Waals surface area contributed by atoms with E-state index in [2.05, 4.69) is 32.6 Å². The van der Waals surface area contributed by atoms with E-state index in [-0.39, 0.29) is 0 Å². The first-order valence-electron chi connectivity index (χ1n) is 5.96. The topological polar surface area (TPSA) is 47.9 Å². The van der Waals surface area contributed by atoms with Gasteiger partial charge in [-0.1, -0.05) is 15.9 Å². The molecule has 0 saturated carbocycles. The number of hydrogen-bond donors (Lipinski definition) is 2. The number of nitriles is 1. The van der Waals surface area contributed by atoms with Crippen LogP contribution in [0.1, 0.15) is 24.8 Å². The molecule has 3 nitrogen and oxygen atoms in total. The van der Waals surface area contributed by atoms with Gasteiger partial charge in [-0.25, -0.2) is 0 Å². The van der Waals surface area contributed by atoms with E-state index in [1.165, 1.54) is 12.8 Å². The number of anilines is 1. The van der Waals surface area contributed by atoms with Crippen molar-refractivity contribution in [3.63, 3.8) is 0 Å². The average molecular weight is 294 g/mol. The monoisotopic (exact) mass is 293 g/mol. The number of halogens is 1. The summed E-state index contributed by atoms with van der Waals surface area (Å²) in [5, 5.41) is 15.8. The Labute approximate surface area is 110 Å². The summed E-state index contributed by atoms with van der Waals surface area (Å²) in [5.41, 5.74) is 1.62. The molecule has 1 atom stereocenters. The second-order valence-electron chi connectivity index (χ2n) is 4.31. The number of benzene rings is 1. The van der Waals surface area contributed by atoms with Crippen molar-refractivity contribution in [3.8, 4) is 6.07 Å². The highest BCUT2D eigenvalue weighted by Gasteiger charge is 2.13. The van der Waals surface area contributed by atoms with Gasteiger partial charge < -0.3 is 10.6 Å². The van der Waals surface area contributed by atoms with Crippen LogP contribution >= 0.6 is 15.9 Å². The SMILES string of the molecule is N#Cc1cc(Br)ccc1NCCC1CCCN1. The van der Waals surface area contributed by atoms with Gasteiger partial charge in [-0.15, -0.1) is 0 Å². The summed E-state index contributed by atoms with van der Waals surface area (Å²) >= 11 is 3.37. The van der Waals surface area contributed by atoms with E-state index < -0.39 is 0 Å². The van der Waals surface area contributed by atoms with Crippen LogP contribution in [0.15, 0.2) is 22.7 Å². The van der Waals surface area contributed by atoms with Crippen LogP contribution in [0.25, 0.3) is 0 Å². The third-order valence-corrected chi connectivity index (χ3v) is 3.57. The van der Waals surface area contributed by atoms with Crippen molar-refractivity contribution >= 4 is 21.6 Å². The van der Waals surface area contributed by atoms with Crippen LogP contribution in [-0.4, -0.2) is 19.1 Å². The number of nitrogens with one attached hydrogen (secondary N) is 2. The molecule has 0 radical (unpaired) electrons. The summed E-state index contributed by atoms with van der Waals surface area (Å²) in [4.78, 5) is 0. The summed E-state index contributed by atoms with van der Waals surface area (Å²) < 4.78 is 0.942. The van der Waals surface area contributed by atoms with Crippen LogP contribution in [0.4, 0.5) is 5.69 Å². The van der Waals surface area contributed by atoms with E-state index in [4.69, 9.17) is 5.26 Å². The molecule has 0 aromatic heterocycles. The summed E-state index contributed by atoms with van der Waals surface area (Å²) in [5.74, 6) is 0. The number of rotatable bonds is 4. The third kappa shape index (κ3) is 3.45. The summed E-state index contributed by atoms with van der Waals surface area (Å²) in [6, 6.07) is 8.60. The third-order valence-electron chi connectivity index (χ3n) is 3.07. The zero-order valence-electron chi connectivity index (χ0n) is 9.67. The van der Waals surface area contributed by atoms with Gasteiger partial charge in [0.2, 0.25) is 0 Å². The molecular weight excluding hydrogens is 278 g/mol. The van der Waals surface area contributed by atoms with Gasteiger partial charge in [0, 0.05) is 17.1 Å². The van der Waals surface area contributed by atoms with Crippen LogP contribution in [0.2, 0.25) is 0 Å². The first kappa shape index (κ1) is 12.4. The molecule has 0 aliphatic carbocycles. The second kappa shape index (κ2) is 6.04. The lowest BCUT2D eigenvalue weighted by Crippen LogP contribution is -2.24. The zero-order chi connectivity index (χ0) is 12.1. The Morgan fingerprint density at radius 1 is 1.53 bits per heavy atom. The van der Waals surface area contributed by atoms with Crippen molar-refractivity contribution in [1.82, 2.24) is 5.32 Å². The fourth-order valence-corrected chi connectivity index (χ4v) is 2.51. The Hall–Kier alpha value is -1.05. The molecule has 2 N–H and O–H groups in total. The second-order valence-corrected chi connectivity index (χ2v) is 5.23. The van der Waals surface area contributed by atoms with Crippen LogP contribution in [0, 0.1) is 11.3 Å².